The van der Waals surface area contributed by atoms with Gasteiger partial charge in [-0.2, -0.15) is 28.2 Å². The molecule has 5 rings (SSSR count). The summed E-state index contributed by atoms with van der Waals surface area (Å²) in [6.45, 7) is 3.65. The number of anilines is 2. The van der Waals surface area contributed by atoms with Gasteiger partial charge in [-0.1, -0.05) is 18.2 Å². The Kier molecular flexibility index (Phi) is 9.23. The number of esters is 1. The number of imidazole rings is 1. The Labute approximate surface area is 260 Å². The zero-order chi connectivity index (χ0) is 32.7. The second kappa shape index (κ2) is 12.5. The van der Waals surface area contributed by atoms with E-state index in [1.165, 1.54) is 19.1 Å². The monoisotopic (exact) mass is 677 g/mol. The smallest absolute Gasteiger partial charge is 0.459 e. The van der Waals surface area contributed by atoms with E-state index in [1.54, 1.807) is 32.0 Å². The van der Waals surface area contributed by atoms with Crippen LogP contribution in [0, 0.1) is 0 Å². The van der Waals surface area contributed by atoms with E-state index in [2.05, 4.69) is 25.4 Å². The number of nitrogens with one attached hydrogen (secondary N) is 2. The van der Waals surface area contributed by atoms with Crippen LogP contribution in [0.3, 0.4) is 0 Å². The van der Waals surface area contributed by atoms with Crippen molar-refractivity contribution in [1.82, 2.24) is 24.6 Å². The van der Waals surface area contributed by atoms with Crippen molar-refractivity contribution in [3.05, 3.63) is 36.7 Å². The first-order chi connectivity index (χ1) is 21.1. The average Bonchev–Trinajstić information content (AvgIpc) is 3.61. The standard InChI is InChI=1S/C26H32ClF3N7O7P/c1-13(2)42-22(39)14(3)36-45(40,44-16-7-5-4-6-8-16)41-11-17-19(38)25(27,26(28,29)30)23(43-17)37-12-32-18-20(33-15-9-10-15)34-24(31)35-21(18)37/h4-8,12-15,17,19,23,38H,9-11H2,1-3H3,(H,36,40)(H3,31,33,34,35)/t14-,17-,19-,23-,25-,45?/m1/s1. The van der Waals surface area contributed by atoms with Gasteiger partial charge in [0.15, 0.2) is 23.2 Å². The van der Waals surface area contributed by atoms with E-state index in [1.807, 2.05) is 0 Å². The van der Waals surface area contributed by atoms with Crippen molar-refractivity contribution >= 4 is 48.2 Å². The maximum absolute atomic E-state index is 14.6. The number of para-hydroxylation sites is 1. The van der Waals surface area contributed by atoms with E-state index >= 15 is 0 Å². The first kappa shape index (κ1) is 33.2. The first-order valence-electron chi connectivity index (χ1n) is 13.9. The highest BCUT2D eigenvalue weighted by Gasteiger charge is 2.71. The molecule has 6 atom stereocenters. The Bertz CT molecular complexity index is 1580. The highest BCUT2D eigenvalue weighted by atomic mass is 35.5. The highest BCUT2D eigenvalue weighted by Crippen LogP contribution is 2.55. The van der Waals surface area contributed by atoms with Crippen molar-refractivity contribution in [2.24, 2.45) is 0 Å². The van der Waals surface area contributed by atoms with Crippen LogP contribution < -0.4 is 20.7 Å². The molecule has 1 aliphatic heterocycles. The molecule has 0 bridgehead atoms. The Morgan fingerprint density at radius 2 is 1.96 bits per heavy atom. The summed E-state index contributed by atoms with van der Waals surface area (Å²) >= 11 is 6.21. The molecule has 1 saturated heterocycles. The van der Waals surface area contributed by atoms with Gasteiger partial charge in [0.05, 0.1) is 19.0 Å². The normalized spacial score (nSPS) is 25.7. The molecule has 1 saturated carbocycles. The minimum absolute atomic E-state index is 0.0586. The molecule has 2 fully saturated rings. The summed E-state index contributed by atoms with van der Waals surface area (Å²) in [6, 6.07) is 6.59. The minimum Gasteiger partial charge on any atom is -0.462 e. The predicted molar refractivity (Wildman–Crippen MR) is 155 cm³/mol. The van der Waals surface area contributed by atoms with Gasteiger partial charge in [-0.25, -0.2) is 9.55 Å². The summed E-state index contributed by atoms with van der Waals surface area (Å²) in [7, 11) is -4.53. The van der Waals surface area contributed by atoms with Crippen LogP contribution >= 0.6 is 19.3 Å². The lowest BCUT2D eigenvalue weighted by molar-refractivity contribution is -0.195. The third-order valence-electron chi connectivity index (χ3n) is 6.92. The molecule has 0 radical (unpaired) electrons. The van der Waals surface area contributed by atoms with E-state index in [-0.39, 0.29) is 34.7 Å². The summed E-state index contributed by atoms with van der Waals surface area (Å²) in [5, 5.41) is 16.5. The van der Waals surface area contributed by atoms with E-state index in [0.29, 0.717) is 0 Å². The molecule has 14 nitrogen and oxygen atoms in total. The van der Waals surface area contributed by atoms with Crippen LogP contribution in [-0.4, -0.2) is 78.6 Å². The number of ether oxygens (including phenoxy) is 2. The number of aliphatic hydroxyl groups excluding tert-OH is 1. The summed E-state index contributed by atoms with van der Waals surface area (Å²) in [5.41, 5.74) is 5.83. The number of carbonyl (C=O) groups excluding carboxylic acids is 1. The molecule has 45 heavy (non-hydrogen) atoms. The number of aliphatic hydroxyl groups is 1. The molecule has 1 unspecified atom stereocenters. The summed E-state index contributed by atoms with van der Waals surface area (Å²) in [6.07, 6.45) is -9.35. The van der Waals surface area contributed by atoms with Crippen LogP contribution in [-0.2, 0) is 23.4 Å². The number of halogens is 4. The first-order valence-corrected chi connectivity index (χ1v) is 15.9. The number of nitrogens with zero attached hydrogens (tertiary/aromatic N) is 4. The number of nitrogens with two attached hydrogens (primary N) is 1. The van der Waals surface area contributed by atoms with Gasteiger partial charge in [0, 0.05) is 6.04 Å². The van der Waals surface area contributed by atoms with Crippen molar-refractivity contribution in [2.75, 3.05) is 17.7 Å². The van der Waals surface area contributed by atoms with Crippen LogP contribution in [0.4, 0.5) is 24.9 Å². The van der Waals surface area contributed by atoms with Gasteiger partial charge in [-0.05, 0) is 45.7 Å². The molecule has 5 N–H and O–H groups in total. The zero-order valence-corrected chi connectivity index (χ0v) is 25.9. The number of benzene rings is 1. The number of fused-ring (bicyclic) bond motifs is 1. The van der Waals surface area contributed by atoms with Crippen LogP contribution in [0.5, 0.6) is 5.75 Å². The van der Waals surface area contributed by atoms with Gasteiger partial charge in [0.2, 0.25) is 10.8 Å². The maximum Gasteiger partial charge on any atom is 0.459 e. The number of carbonyl (C=O) groups is 1. The molecule has 0 spiro atoms. The fourth-order valence-electron chi connectivity index (χ4n) is 4.59. The molecule has 1 aliphatic carbocycles. The second-order valence-electron chi connectivity index (χ2n) is 10.9. The molecule has 2 aromatic heterocycles. The second-order valence-corrected chi connectivity index (χ2v) is 13.3. The van der Waals surface area contributed by atoms with Crippen molar-refractivity contribution < 1.29 is 46.2 Å². The third kappa shape index (κ3) is 6.98. The lowest BCUT2D eigenvalue weighted by Crippen LogP contribution is -2.53. The summed E-state index contributed by atoms with van der Waals surface area (Å²) in [5.74, 6) is -0.751. The molecule has 3 heterocycles. The molecule has 1 aromatic carbocycles. The maximum atomic E-state index is 14.6. The Morgan fingerprint density at radius 1 is 1.27 bits per heavy atom. The lowest BCUT2D eigenvalue weighted by Gasteiger charge is -2.32. The van der Waals surface area contributed by atoms with Gasteiger partial charge in [0.25, 0.3) is 0 Å². The van der Waals surface area contributed by atoms with Crippen LogP contribution in [0.2, 0.25) is 0 Å². The van der Waals surface area contributed by atoms with E-state index in [9.17, 15) is 27.6 Å². The van der Waals surface area contributed by atoms with Crippen LogP contribution in [0.15, 0.2) is 36.7 Å². The molecule has 19 heteroatoms. The fourth-order valence-corrected chi connectivity index (χ4v) is 6.39. The van der Waals surface area contributed by atoms with Crippen LogP contribution in [0.1, 0.15) is 39.8 Å². The van der Waals surface area contributed by atoms with E-state index in [0.717, 1.165) is 23.7 Å². The van der Waals surface area contributed by atoms with Gasteiger partial charge < -0.3 is 30.2 Å². The molecule has 0 amide bonds. The molecule has 3 aromatic rings. The topological polar surface area (TPSA) is 185 Å². The molecule has 246 valence electrons. The molecule has 2 aliphatic rings. The Balaban J connectivity index is 1.43. The van der Waals surface area contributed by atoms with E-state index < -0.39 is 62.0 Å². The summed E-state index contributed by atoms with van der Waals surface area (Å²) in [4.78, 5) is 21.3. The van der Waals surface area contributed by atoms with Gasteiger partial charge in [-0.15, -0.1) is 11.6 Å². The van der Waals surface area contributed by atoms with Gasteiger partial charge >= 0.3 is 19.9 Å². The predicted octanol–water partition coefficient (Wildman–Crippen LogP) is 3.91. The van der Waals surface area contributed by atoms with Crippen molar-refractivity contribution in [1.29, 1.82) is 0 Å². The summed E-state index contributed by atoms with van der Waals surface area (Å²) < 4.78 is 80.4. The fraction of sp³-hybridized carbons (Fsp3) is 0.538. The third-order valence-corrected chi connectivity index (χ3v) is 9.19. The van der Waals surface area contributed by atoms with Crippen molar-refractivity contribution in [3.63, 3.8) is 0 Å². The molecular weight excluding hydrogens is 646 g/mol. The van der Waals surface area contributed by atoms with Crippen molar-refractivity contribution in [2.45, 2.75) is 81.3 Å². The van der Waals surface area contributed by atoms with Gasteiger partial charge in [-0.3, -0.25) is 13.9 Å². The molecular formula is C26H32ClF3N7O7P. The number of hydrogen-bond donors (Lipinski definition) is 4. The average molecular weight is 678 g/mol. The van der Waals surface area contributed by atoms with Crippen LogP contribution in [0.25, 0.3) is 11.2 Å². The zero-order valence-electron chi connectivity index (χ0n) is 24.3. The Morgan fingerprint density at radius 3 is 2.58 bits per heavy atom. The minimum atomic E-state index is -5.24. The number of nitrogen functional groups attached to an aromatic ring is 1. The van der Waals surface area contributed by atoms with Crippen molar-refractivity contribution in [3.8, 4) is 5.75 Å². The number of aromatic nitrogens is 4. The van der Waals surface area contributed by atoms with Gasteiger partial charge in [0.1, 0.15) is 24.0 Å². The quantitative estimate of drug-likeness (QED) is 0.123. The van der Waals surface area contributed by atoms with E-state index in [4.69, 9.17) is 35.9 Å². The highest BCUT2D eigenvalue weighted by molar-refractivity contribution is 7.52. The largest absolute Gasteiger partial charge is 0.462 e. The number of rotatable bonds is 12. The number of hydrogen-bond acceptors (Lipinski definition) is 12. The Hall–Kier alpha value is -3.21. The SMILES string of the molecule is CC(C)OC(=O)[C@@H](C)NP(=O)(OC[C@H]1O[C@@H](n2cnc3c(NC4CC4)nc(N)nc32)[C@@](Cl)(C(F)(F)F)[C@@H]1O)Oc1ccccc1. The lowest BCUT2D eigenvalue weighted by atomic mass is 9.98. The number of alkyl halides is 4.